The highest BCUT2D eigenvalue weighted by Crippen LogP contribution is 2.46. The molecule has 0 radical (unpaired) electrons. The van der Waals surface area contributed by atoms with Crippen LogP contribution in [0.15, 0.2) is 21.9 Å². The summed E-state index contributed by atoms with van der Waals surface area (Å²) in [7, 11) is -4.50. The second-order valence-corrected chi connectivity index (χ2v) is 22.3. The predicted octanol–water partition coefficient (Wildman–Crippen LogP) is 4.38. The summed E-state index contributed by atoms with van der Waals surface area (Å²) in [5.41, 5.74) is -0.207. The van der Waals surface area contributed by atoms with Gasteiger partial charge >= 0.3 is 5.69 Å². The molecule has 0 aromatic carbocycles. The molecule has 34 heavy (non-hydrogen) atoms. The highest BCUT2D eigenvalue weighted by atomic mass is 28.4. The highest BCUT2D eigenvalue weighted by Gasteiger charge is 2.54. The van der Waals surface area contributed by atoms with E-state index >= 15 is 0 Å². The molecule has 4 atom stereocenters. The SMILES string of the molecule is CC(C)[Si](O[C@@H]1[C@@H](O)[C@@H](CO[Si](C)(C)C(C)(C)C)O[C@H]1n1ccc(=O)[nH]c1=O)(C(C)C)C(C)C. The van der Waals surface area contributed by atoms with Crippen LogP contribution in [0.1, 0.15) is 68.5 Å². The molecule has 2 heterocycles. The van der Waals surface area contributed by atoms with Crippen molar-refractivity contribution < 1.29 is 18.7 Å². The lowest BCUT2D eigenvalue weighted by Gasteiger charge is -2.45. The fourth-order valence-corrected chi connectivity index (χ4v) is 11.5. The van der Waals surface area contributed by atoms with Crippen LogP contribution in [0.5, 0.6) is 0 Å². The first-order chi connectivity index (χ1) is 15.5. The average Bonchev–Trinajstić information content (AvgIpc) is 2.98. The Balaban J connectivity index is 2.48. The van der Waals surface area contributed by atoms with Gasteiger partial charge in [0.05, 0.1) is 6.61 Å². The van der Waals surface area contributed by atoms with Gasteiger partial charge in [0, 0.05) is 12.3 Å². The summed E-state index contributed by atoms with van der Waals surface area (Å²) in [6.45, 7) is 24.0. The number of hydrogen-bond acceptors (Lipinski definition) is 6. The molecule has 196 valence electrons. The Morgan fingerprint density at radius 2 is 1.62 bits per heavy atom. The number of aliphatic hydroxyl groups excluding tert-OH is 1. The third kappa shape index (κ3) is 5.68. The Hall–Kier alpha value is -1.05. The third-order valence-corrected chi connectivity index (χ3v) is 18.5. The summed E-state index contributed by atoms with van der Waals surface area (Å²) in [4.78, 5) is 26.6. The Kier molecular flexibility index (Phi) is 9.03. The minimum Gasteiger partial charge on any atom is -0.414 e. The van der Waals surface area contributed by atoms with Crippen LogP contribution in [0, 0.1) is 0 Å². The van der Waals surface area contributed by atoms with Gasteiger partial charge in [0.25, 0.3) is 5.56 Å². The number of H-pyrrole nitrogens is 1. The van der Waals surface area contributed by atoms with Crippen LogP contribution in [-0.4, -0.2) is 56.2 Å². The highest BCUT2D eigenvalue weighted by molar-refractivity contribution is 6.77. The van der Waals surface area contributed by atoms with Gasteiger partial charge < -0.3 is 18.7 Å². The smallest absolute Gasteiger partial charge is 0.330 e. The van der Waals surface area contributed by atoms with Crippen molar-refractivity contribution in [3.05, 3.63) is 33.1 Å². The molecule has 1 aliphatic heterocycles. The molecular weight excluding hydrogens is 468 g/mol. The first-order valence-electron chi connectivity index (χ1n) is 12.4. The minimum atomic E-state index is -2.42. The lowest BCUT2D eigenvalue weighted by atomic mass is 10.1. The number of ether oxygens (including phenoxy) is 1. The van der Waals surface area contributed by atoms with Crippen LogP contribution in [0.2, 0.25) is 34.8 Å². The molecule has 1 fully saturated rings. The first kappa shape index (κ1) is 29.2. The van der Waals surface area contributed by atoms with Crippen LogP contribution < -0.4 is 11.2 Å². The maximum atomic E-state index is 12.7. The first-order valence-corrected chi connectivity index (χ1v) is 17.5. The van der Waals surface area contributed by atoms with E-state index in [1.54, 1.807) is 0 Å². The van der Waals surface area contributed by atoms with E-state index in [2.05, 4.69) is 80.4 Å². The number of nitrogens with one attached hydrogen (secondary N) is 1. The topological polar surface area (TPSA) is 103 Å². The molecular formula is C24H46N2O6Si2. The molecule has 1 aliphatic rings. The molecule has 8 nitrogen and oxygen atoms in total. The minimum absolute atomic E-state index is 0.0106. The standard InChI is InChI=1S/C24H46N2O6Si2/c1-15(2)34(16(3)4,17(5)6)32-21-20(28)18(14-30-33(10,11)24(7,8)9)31-22(21)26-13-12-19(27)25-23(26)29/h12-13,15-18,20-22,28H,14H2,1-11H3,(H,25,27,29)/t18-,20+,21-,22-/m1/s1. The number of aliphatic hydroxyl groups is 1. The van der Waals surface area contributed by atoms with Crippen molar-refractivity contribution in [2.24, 2.45) is 0 Å². The lowest BCUT2D eigenvalue weighted by Crippen LogP contribution is -2.54. The van der Waals surface area contributed by atoms with E-state index in [0.29, 0.717) is 0 Å². The number of hydrogen-bond donors (Lipinski definition) is 2. The van der Waals surface area contributed by atoms with Gasteiger partial charge in [-0.1, -0.05) is 62.3 Å². The average molecular weight is 515 g/mol. The molecule has 1 saturated heterocycles. The quantitative estimate of drug-likeness (QED) is 0.474. The summed E-state index contributed by atoms with van der Waals surface area (Å²) in [6, 6.07) is 1.28. The van der Waals surface area contributed by atoms with E-state index < -0.39 is 52.4 Å². The molecule has 2 N–H and O–H groups in total. The molecule has 1 aromatic rings. The van der Waals surface area contributed by atoms with Crippen LogP contribution in [0.4, 0.5) is 0 Å². The van der Waals surface area contributed by atoms with Gasteiger partial charge in [-0.15, -0.1) is 0 Å². The van der Waals surface area contributed by atoms with Crippen molar-refractivity contribution in [3.8, 4) is 0 Å². The zero-order chi connectivity index (χ0) is 26.2. The molecule has 0 unspecified atom stereocenters. The van der Waals surface area contributed by atoms with Gasteiger partial charge in [-0.25, -0.2) is 4.79 Å². The zero-order valence-electron chi connectivity index (χ0n) is 22.8. The van der Waals surface area contributed by atoms with E-state index in [4.69, 9.17) is 13.6 Å². The summed E-state index contributed by atoms with van der Waals surface area (Å²) < 4.78 is 20.9. The van der Waals surface area contributed by atoms with Gasteiger partial charge in [-0.3, -0.25) is 14.3 Å². The predicted molar refractivity (Wildman–Crippen MR) is 140 cm³/mol. The van der Waals surface area contributed by atoms with Crippen molar-refractivity contribution >= 4 is 16.6 Å². The van der Waals surface area contributed by atoms with Crippen molar-refractivity contribution in [2.75, 3.05) is 6.61 Å². The second kappa shape index (κ2) is 10.5. The van der Waals surface area contributed by atoms with Gasteiger partial charge in [0.2, 0.25) is 8.32 Å². The number of aromatic amines is 1. The van der Waals surface area contributed by atoms with Gasteiger partial charge in [-0.2, -0.15) is 0 Å². The second-order valence-electron chi connectivity index (χ2n) is 12.0. The number of nitrogens with zero attached hydrogens (tertiary/aromatic N) is 1. The van der Waals surface area contributed by atoms with Gasteiger partial charge in [0.1, 0.15) is 18.3 Å². The van der Waals surface area contributed by atoms with E-state index in [-0.39, 0.29) is 28.3 Å². The number of rotatable bonds is 9. The summed E-state index contributed by atoms with van der Waals surface area (Å²) in [6.07, 6.45) is -1.83. The fraction of sp³-hybridized carbons (Fsp3) is 0.833. The molecule has 0 saturated carbocycles. The van der Waals surface area contributed by atoms with Crippen molar-refractivity contribution in [2.45, 2.75) is 122 Å². The molecule has 10 heteroatoms. The van der Waals surface area contributed by atoms with E-state index in [1.165, 1.54) is 16.8 Å². The zero-order valence-corrected chi connectivity index (χ0v) is 24.8. The van der Waals surface area contributed by atoms with Crippen molar-refractivity contribution in [3.63, 3.8) is 0 Å². The normalized spacial score (nSPS) is 24.6. The Morgan fingerprint density at radius 3 is 2.06 bits per heavy atom. The largest absolute Gasteiger partial charge is 0.414 e. The van der Waals surface area contributed by atoms with Crippen LogP contribution in [0.25, 0.3) is 0 Å². The Bertz CT molecular complexity index is 913. The van der Waals surface area contributed by atoms with E-state index in [1.807, 2.05) is 0 Å². The molecule has 0 spiro atoms. The molecule has 0 bridgehead atoms. The summed E-state index contributed by atoms with van der Waals surface area (Å²) in [5.74, 6) is 0. The van der Waals surface area contributed by atoms with E-state index in [0.717, 1.165) is 0 Å². The number of aromatic nitrogens is 2. The van der Waals surface area contributed by atoms with E-state index in [9.17, 15) is 14.7 Å². The maximum absolute atomic E-state index is 12.7. The van der Waals surface area contributed by atoms with Crippen LogP contribution in [-0.2, 0) is 13.6 Å². The Morgan fingerprint density at radius 1 is 1.09 bits per heavy atom. The van der Waals surface area contributed by atoms with Crippen molar-refractivity contribution in [1.29, 1.82) is 0 Å². The van der Waals surface area contributed by atoms with Gasteiger partial charge in [0.15, 0.2) is 14.5 Å². The maximum Gasteiger partial charge on any atom is 0.330 e. The lowest BCUT2D eigenvalue weighted by molar-refractivity contribution is -0.0518. The Labute approximate surface area is 206 Å². The van der Waals surface area contributed by atoms with Crippen molar-refractivity contribution in [1.82, 2.24) is 9.55 Å². The third-order valence-electron chi connectivity index (χ3n) is 7.90. The van der Waals surface area contributed by atoms with Crippen LogP contribution in [0.3, 0.4) is 0 Å². The molecule has 1 aromatic heterocycles. The summed E-state index contributed by atoms with van der Waals surface area (Å²) >= 11 is 0. The van der Waals surface area contributed by atoms with Gasteiger partial charge in [-0.05, 0) is 34.8 Å². The molecule has 0 amide bonds. The summed E-state index contributed by atoms with van der Waals surface area (Å²) in [5, 5.41) is 11.5. The molecule has 0 aliphatic carbocycles. The van der Waals surface area contributed by atoms with Crippen LogP contribution >= 0.6 is 0 Å². The monoisotopic (exact) mass is 514 g/mol. The molecule has 2 rings (SSSR count). The fourth-order valence-electron chi connectivity index (χ4n) is 4.99.